The number of nitriles is 1. The van der Waals surface area contributed by atoms with Crippen LogP contribution in [0.15, 0.2) is 36.5 Å². The average Bonchev–Trinajstić information content (AvgIpc) is 3.16. The second-order valence-corrected chi connectivity index (χ2v) is 8.58. The third-order valence-electron chi connectivity index (χ3n) is 6.43. The average molecular weight is 457 g/mol. The lowest BCUT2D eigenvalue weighted by Crippen LogP contribution is -2.39. The first-order chi connectivity index (χ1) is 15.8. The molecule has 4 rings (SSSR count). The Labute approximate surface area is 191 Å². The highest BCUT2D eigenvalue weighted by Gasteiger charge is 2.35. The number of hydrogen-bond acceptors (Lipinski definition) is 4. The van der Waals surface area contributed by atoms with E-state index in [9.17, 15) is 18.4 Å². The molecule has 1 fully saturated rings. The highest BCUT2D eigenvalue weighted by atomic mass is 19.4. The summed E-state index contributed by atoms with van der Waals surface area (Å²) in [6.45, 7) is 1.15. The summed E-state index contributed by atoms with van der Waals surface area (Å²) in [6, 6.07) is 10.3. The number of halogens is 3. The van der Waals surface area contributed by atoms with E-state index < -0.39 is 12.2 Å². The zero-order valence-electron chi connectivity index (χ0n) is 18.7. The van der Waals surface area contributed by atoms with Crippen molar-refractivity contribution in [3.05, 3.63) is 47.7 Å². The van der Waals surface area contributed by atoms with Gasteiger partial charge in [0, 0.05) is 30.2 Å². The molecule has 3 aromatic rings. The van der Waals surface area contributed by atoms with Gasteiger partial charge in [-0.1, -0.05) is 25.3 Å². The van der Waals surface area contributed by atoms with E-state index in [0.29, 0.717) is 16.8 Å². The van der Waals surface area contributed by atoms with E-state index in [1.807, 2.05) is 18.2 Å². The summed E-state index contributed by atoms with van der Waals surface area (Å²) >= 11 is 0. The third-order valence-corrected chi connectivity index (χ3v) is 6.43. The van der Waals surface area contributed by atoms with E-state index in [2.05, 4.69) is 20.9 Å². The van der Waals surface area contributed by atoms with Gasteiger partial charge in [0.25, 0.3) is 0 Å². The van der Waals surface area contributed by atoms with Crippen LogP contribution >= 0.6 is 0 Å². The SMILES string of the molecule is COc1ccc2c(C#N)c(-c3ccc(CNC(C)C(F)(F)F)cn3)n(C3CCCCC3)c2c1. The molecule has 1 unspecified atom stereocenters. The van der Waals surface area contributed by atoms with Crippen molar-refractivity contribution in [2.75, 3.05) is 7.11 Å². The quantitative estimate of drug-likeness (QED) is 0.485. The molecule has 1 atom stereocenters. The molecule has 1 aromatic carbocycles. The Morgan fingerprint density at radius 3 is 2.58 bits per heavy atom. The molecule has 1 saturated carbocycles. The van der Waals surface area contributed by atoms with E-state index >= 15 is 0 Å². The standard InChI is InChI=1S/C25H27F3N4O/c1-16(25(26,27)28)30-14-17-8-11-22(31-15-17)24-21(13-29)20-10-9-19(33-2)12-23(20)32(24)18-6-4-3-5-7-18/h8-12,15-16,18,30H,3-7,14H2,1-2H3. The zero-order chi connectivity index (χ0) is 23.6. The van der Waals surface area contributed by atoms with Crippen LogP contribution in [0.1, 0.15) is 56.2 Å². The Balaban J connectivity index is 1.75. The van der Waals surface area contributed by atoms with Crippen LogP contribution in [0.3, 0.4) is 0 Å². The summed E-state index contributed by atoms with van der Waals surface area (Å²) in [5, 5.41) is 13.4. The predicted molar refractivity (Wildman–Crippen MR) is 121 cm³/mol. The van der Waals surface area contributed by atoms with Crippen LogP contribution in [0, 0.1) is 11.3 Å². The van der Waals surface area contributed by atoms with Gasteiger partial charge >= 0.3 is 6.18 Å². The third kappa shape index (κ3) is 4.69. The maximum absolute atomic E-state index is 12.8. The molecule has 2 aromatic heterocycles. The van der Waals surface area contributed by atoms with E-state index in [-0.39, 0.29) is 12.6 Å². The first-order valence-electron chi connectivity index (χ1n) is 11.2. The first kappa shape index (κ1) is 23.1. The number of hydrogen-bond donors (Lipinski definition) is 1. The smallest absolute Gasteiger partial charge is 0.403 e. The molecular weight excluding hydrogens is 429 g/mol. The number of ether oxygens (including phenoxy) is 1. The molecule has 1 aliphatic carbocycles. The Morgan fingerprint density at radius 1 is 1.21 bits per heavy atom. The van der Waals surface area contributed by atoms with Crippen LogP contribution in [0.5, 0.6) is 5.75 Å². The van der Waals surface area contributed by atoms with Gasteiger partial charge in [0.15, 0.2) is 0 Å². The van der Waals surface area contributed by atoms with Gasteiger partial charge in [0.2, 0.25) is 0 Å². The van der Waals surface area contributed by atoms with Crippen molar-refractivity contribution in [1.29, 1.82) is 5.26 Å². The molecule has 0 amide bonds. The normalized spacial score (nSPS) is 16.0. The van der Waals surface area contributed by atoms with Crippen molar-refractivity contribution >= 4 is 10.9 Å². The Kier molecular flexibility index (Phi) is 6.61. The van der Waals surface area contributed by atoms with E-state index in [1.54, 1.807) is 25.4 Å². The maximum Gasteiger partial charge on any atom is 0.403 e. The minimum Gasteiger partial charge on any atom is -0.497 e. The minimum atomic E-state index is -4.29. The van der Waals surface area contributed by atoms with Crippen molar-refractivity contribution in [3.63, 3.8) is 0 Å². The lowest BCUT2D eigenvalue weighted by Gasteiger charge is -2.26. The Hall–Kier alpha value is -3.05. The maximum atomic E-state index is 12.8. The highest BCUT2D eigenvalue weighted by Crippen LogP contribution is 2.41. The molecule has 1 N–H and O–H groups in total. The Bertz CT molecular complexity index is 1160. The van der Waals surface area contributed by atoms with Gasteiger partial charge in [0.05, 0.1) is 29.6 Å². The second-order valence-electron chi connectivity index (χ2n) is 8.58. The number of pyridine rings is 1. The van der Waals surface area contributed by atoms with Gasteiger partial charge in [-0.25, -0.2) is 0 Å². The van der Waals surface area contributed by atoms with Gasteiger partial charge in [-0.15, -0.1) is 0 Å². The largest absolute Gasteiger partial charge is 0.497 e. The molecule has 33 heavy (non-hydrogen) atoms. The van der Waals surface area contributed by atoms with Crippen molar-refractivity contribution in [1.82, 2.24) is 14.9 Å². The van der Waals surface area contributed by atoms with Crippen LogP contribution in [0.2, 0.25) is 0 Å². The summed E-state index contributed by atoms with van der Waals surface area (Å²) in [5.41, 5.74) is 3.55. The molecule has 0 saturated heterocycles. The first-order valence-corrected chi connectivity index (χ1v) is 11.2. The Morgan fingerprint density at radius 2 is 1.97 bits per heavy atom. The van der Waals surface area contributed by atoms with Crippen LogP contribution in [-0.4, -0.2) is 28.9 Å². The molecule has 0 spiro atoms. The summed E-state index contributed by atoms with van der Waals surface area (Å²) in [5.74, 6) is 0.723. The van der Waals surface area contributed by atoms with Gasteiger partial charge in [-0.05, 0) is 43.5 Å². The van der Waals surface area contributed by atoms with Gasteiger partial charge in [-0.2, -0.15) is 18.4 Å². The van der Waals surface area contributed by atoms with E-state index in [4.69, 9.17) is 4.74 Å². The molecule has 1 aliphatic rings. The number of nitrogens with zero attached hydrogens (tertiary/aromatic N) is 3. The van der Waals surface area contributed by atoms with Crippen LogP contribution < -0.4 is 10.1 Å². The van der Waals surface area contributed by atoms with Crippen molar-refractivity contribution < 1.29 is 17.9 Å². The van der Waals surface area contributed by atoms with E-state index in [1.165, 1.54) is 6.42 Å². The summed E-state index contributed by atoms with van der Waals surface area (Å²) < 4.78 is 46.0. The molecule has 0 aliphatic heterocycles. The molecule has 0 bridgehead atoms. The highest BCUT2D eigenvalue weighted by molar-refractivity contribution is 5.95. The fourth-order valence-corrected chi connectivity index (χ4v) is 4.56. The number of alkyl halides is 3. The summed E-state index contributed by atoms with van der Waals surface area (Å²) in [4.78, 5) is 4.57. The number of benzene rings is 1. The molecule has 0 radical (unpaired) electrons. The fraction of sp³-hybridized carbons (Fsp3) is 0.440. The van der Waals surface area contributed by atoms with Gasteiger partial charge in [-0.3, -0.25) is 4.98 Å². The fourth-order valence-electron chi connectivity index (χ4n) is 4.56. The lowest BCUT2D eigenvalue weighted by molar-refractivity contribution is -0.151. The van der Waals surface area contributed by atoms with Gasteiger partial charge in [0.1, 0.15) is 17.9 Å². The van der Waals surface area contributed by atoms with Crippen LogP contribution in [0.4, 0.5) is 13.2 Å². The van der Waals surface area contributed by atoms with E-state index in [0.717, 1.165) is 55.0 Å². The number of aromatic nitrogens is 2. The molecular formula is C25H27F3N4O. The zero-order valence-corrected chi connectivity index (χ0v) is 18.7. The minimum absolute atomic E-state index is 0.0574. The lowest BCUT2D eigenvalue weighted by atomic mass is 9.95. The predicted octanol–water partition coefficient (Wildman–Crippen LogP) is 6.13. The number of methoxy groups -OCH3 is 1. The topological polar surface area (TPSA) is 62.9 Å². The van der Waals surface area contributed by atoms with Gasteiger partial charge < -0.3 is 14.6 Å². The number of fused-ring (bicyclic) bond motifs is 1. The van der Waals surface area contributed by atoms with Crippen molar-refractivity contribution in [2.24, 2.45) is 0 Å². The van der Waals surface area contributed by atoms with Crippen molar-refractivity contribution in [2.45, 2.75) is 63.8 Å². The number of rotatable bonds is 6. The molecule has 5 nitrogen and oxygen atoms in total. The molecule has 174 valence electrons. The molecule has 8 heteroatoms. The van der Waals surface area contributed by atoms with Crippen LogP contribution in [0.25, 0.3) is 22.3 Å². The summed E-state index contributed by atoms with van der Waals surface area (Å²) in [7, 11) is 1.62. The number of nitrogens with one attached hydrogen (secondary N) is 1. The summed E-state index contributed by atoms with van der Waals surface area (Å²) in [6.07, 6.45) is 2.80. The van der Waals surface area contributed by atoms with Crippen LogP contribution in [-0.2, 0) is 6.54 Å². The molecule has 2 heterocycles. The second kappa shape index (κ2) is 9.44. The monoisotopic (exact) mass is 456 g/mol. The van der Waals surface area contributed by atoms with Crippen molar-refractivity contribution in [3.8, 4) is 23.2 Å².